The number of hydrogen-bond donors (Lipinski definition) is 1. The highest BCUT2D eigenvalue weighted by Gasteiger charge is 2.37. The largest absolute Gasteiger partial charge is 0.444 e. The smallest absolute Gasteiger partial charge is 0.410 e. The van der Waals surface area contributed by atoms with Crippen molar-refractivity contribution in [1.29, 1.82) is 0 Å². The van der Waals surface area contributed by atoms with E-state index in [1.807, 2.05) is 0 Å². The zero-order valence-corrected chi connectivity index (χ0v) is 13.7. The number of nitrogens with one attached hydrogen (secondary N) is 1. The van der Waals surface area contributed by atoms with Gasteiger partial charge in [0.2, 0.25) is 5.91 Å². The van der Waals surface area contributed by atoms with Gasteiger partial charge in [-0.1, -0.05) is 0 Å². The van der Waals surface area contributed by atoms with Crippen molar-refractivity contribution in [3.8, 4) is 0 Å². The first-order valence-electron chi connectivity index (χ1n) is 7.54. The molecule has 1 N–H and O–H groups in total. The number of rotatable bonds is 2. The molecule has 1 fully saturated rings. The lowest BCUT2D eigenvalue weighted by molar-refractivity contribution is -0.120. The fourth-order valence-corrected chi connectivity index (χ4v) is 2.42. The molecule has 1 heterocycles. The molecule has 1 aliphatic heterocycles. The summed E-state index contributed by atoms with van der Waals surface area (Å²) in [4.78, 5) is 25.7. The van der Waals surface area contributed by atoms with Crippen LogP contribution in [-0.2, 0) is 9.53 Å². The zero-order chi connectivity index (χ0) is 18.1. The summed E-state index contributed by atoms with van der Waals surface area (Å²) in [6, 6.07) is 0.791. The number of benzene rings is 1. The highest BCUT2D eigenvalue weighted by Crippen LogP contribution is 2.24. The summed E-state index contributed by atoms with van der Waals surface area (Å²) in [6.45, 7) is 5.43. The van der Waals surface area contributed by atoms with Crippen LogP contribution >= 0.6 is 0 Å². The Labute approximate surface area is 137 Å². The summed E-state index contributed by atoms with van der Waals surface area (Å²) in [5.41, 5.74) is -1.19. The molecular weight excluding hydrogens is 325 g/mol. The summed E-state index contributed by atoms with van der Waals surface area (Å²) >= 11 is 0. The van der Waals surface area contributed by atoms with Crippen molar-refractivity contribution >= 4 is 17.7 Å². The second-order valence-corrected chi connectivity index (χ2v) is 6.54. The molecule has 0 radical (unpaired) electrons. The number of likely N-dealkylation sites (tertiary alicyclic amines) is 1. The van der Waals surface area contributed by atoms with E-state index in [-0.39, 0.29) is 0 Å². The first-order valence-corrected chi connectivity index (χ1v) is 7.54. The van der Waals surface area contributed by atoms with E-state index in [1.54, 1.807) is 20.8 Å². The van der Waals surface area contributed by atoms with E-state index >= 15 is 0 Å². The van der Waals surface area contributed by atoms with Crippen LogP contribution in [0.4, 0.5) is 23.7 Å². The Morgan fingerprint density at radius 1 is 1.21 bits per heavy atom. The van der Waals surface area contributed by atoms with Gasteiger partial charge in [-0.3, -0.25) is 9.69 Å². The standard InChI is InChI=1S/C16H19F3N2O3/c1-16(2,3)24-15(23)21-8-4-5-11(21)14(22)20-10-7-6-9(17)12(18)13(10)19/h6-7,11H,4-5,8H2,1-3H3,(H,20,22)/t11-/m1/s1. The highest BCUT2D eigenvalue weighted by atomic mass is 19.2. The average molecular weight is 344 g/mol. The van der Waals surface area contributed by atoms with Crippen LogP contribution in [0, 0.1) is 17.5 Å². The van der Waals surface area contributed by atoms with Gasteiger partial charge >= 0.3 is 6.09 Å². The lowest BCUT2D eigenvalue weighted by Crippen LogP contribution is -2.45. The van der Waals surface area contributed by atoms with Crippen molar-refractivity contribution in [1.82, 2.24) is 4.90 Å². The fourth-order valence-electron chi connectivity index (χ4n) is 2.42. The summed E-state index contributed by atoms with van der Waals surface area (Å²) in [6.07, 6.45) is 0.305. The van der Waals surface area contributed by atoms with Crippen LogP contribution in [0.1, 0.15) is 33.6 Å². The van der Waals surface area contributed by atoms with Gasteiger partial charge in [0.05, 0.1) is 5.69 Å². The zero-order valence-electron chi connectivity index (χ0n) is 13.7. The molecule has 0 aliphatic carbocycles. The number of carbonyl (C=O) groups excluding carboxylic acids is 2. The molecule has 132 valence electrons. The molecule has 0 saturated carbocycles. The highest BCUT2D eigenvalue weighted by molar-refractivity contribution is 5.97. The van der Waals surface area contributed by atoms with Gasteiger partial charge in [0, 0.05) is 6.54 Å². The Balaban J connectivity index is 2.11. The molecule has 0 spiro atoms. The molecule has 0 unspecified atom stereocenters. The molecular formula is C16H19F3N2O3. The Bertz CT molecular complexity index is 659. The van der Waals surface area contributed by atoms with E-state index in [1.165, 1.54) is 4.90 Å². The third-order valence-electron chi connectivity index (χ3n) is 3.48. The van der Waals surface area contributed by atoms with Crippen molar-refractivity contribution in [2.75, 3.05) is 11.9 Å². The molecule has 1 aromatic carbocycles. The van der Waals surface area contributed by atoms with E-state index in [4.69, 9.17) is 4.74 Å². The molecule has 1 saturated heterocycles. The number of anilines is 1. The lowest BCUT2D eigenvalue weighted by atomic mass is 10.2. The van der Waals surface area contributed by atoms with Crippen molar-refractivity contribution in [3.63, 3.8) is 0 Å². The third kappa shape index (κ3) is 3.98. The molecule has 8 heteroatoms. The van der Waals surface area contributed by atoms with Gasteiger partial charge in [-0.15, -0.1) is 0 Å². The maximum absolute atomic E-state index is 13.7. The van der Waals surface area contributed by atoms with Crippen LogP contribution in [0.5, 0.6) is 0 Å². The number of amides is 2. The number of hydrogen-bond acceptors (Lipinski definition) is 3. The second-order valence-electron chi connectivity index (χ2n) is 6.54. The van der Waals surface area contributed by atoms with Crippen LogP contribution in [-0.4, -0.2) is 35.1 Å². The third-order valence-corrected chi connectivity index (χ3v) is 3.48. The van der Waals surface area contributed by atoms with E-state index in [9.17, 15) is 22.8 Å². The fraction of sp³-hybridized carbons (Fsp3) is 0.500. The van der Waals surface area contributed by atoms with Crippen molar-refractivity contribution in [2.24, 2.45) is 0 Å². The van der Waals surface area contributed by atoms with Crippen LogP contribution in [0.15, 0.2) is 12.1 Å². The molecule has 0 aromatic heterocycles. The Morgan fingerprint density at radius 3 is 2.50 bits per heavy atom. The maximum atomic E-state index is 13.7. The molecule has 1 aliphatic rings. The van der Waals surface area contributed by atoms with E-state index in [2.05, 4.69) is 5.32 Å². The summed E-state index contributed by atoms with van der Waals surface area (Å²) in [5.74, 6) is -5.17. The SMILES string of the molecule is CC(C)(C)OC(=O)N1CCC[C@@H]1C(=O)Nc1ccc(F)c(F)c1F. The molecule has 1 aromatic rings. The number of halogens is 3. The van der Waals surface area contributed by atoms with E-state index < -0.39 is 46.8 Å². The average Bonchev–Trinajstić information content (AvgIpc) is 2.96. The Kier molecular flexibility index (Phi) is 5.05. The number of ether oxygens (including phenoxy) is 1. The van der Waals surface area contributed by atoms with Gasteiger partial charge in [-0.25, -0.2) is 18.0 Å². The minimum Gasteiger partial charge on any atom is -0.444 e. The summed E-state index contributed by atoms with van der Waals surface area (Å²) < 4.78 is 45.0. The van der Waals surface area contributed by atoms with E-state index in [0.717, 1.165) is 6.07 Å². The van der Waals surface area contributed by atoms with Crippen LogP contribution in [0.3, 0.4) is 0 Å². The Hall–Kier alpha value is -2.25. The normalized spacial score (nSPS) is 17.8. The molecule has 2 amide bonds. The predicted octanol–water partition coefficient (Wildman–Crippen LogP) is 3.44. The van der Waals surface area contributed by atoms with E-state index in [0.29, 0.717) is 25.5 Å². The first kappa shape index (κ1) is 18.1. The van der Waals surface area contributed by atoms with Crippen molar-refractivity contribution in [2.45, 2.75) is 45.3 Å². The topological polar surface area (TPSA) is 58.6 Å². The summed E-state index contributed by atoms with van der Waals surface area (Å²) in [7, 11) is 0. The van der Waals surface area contributed by atoms with Crippen LogP contribution < -0.4 is 5.32 Å². The van der Waals surface area contributed by atoms with Gasteiger partial charge < -0.3 is 10.1 Å². The monoisotopic (exact) mass is 344 g/mol. The number of carbonyl (C=O) groups is 2. The quantitative estimate of drug-likeness (QED) is 0.836. The van der Waals surface area contributed by atoms with Gasteiger partial charge in [-0.05, 0) is 45.7 Å². The minimum atomic E-state index is -1.66. The molecule has 0 bridgehead atoms. The minimum absolute atomic E-state index is 0.327. The molecule has 2 rings (SSSR count). The van der Waals surface area contributed by atoms with Gasteiger partial charge in [-0.2, -0.15) is 0 Å². The molecule has 24 heavy (non-hydrogen) atoms. The number of nitrogens with zero attached hydrogens (tertiary/aromatic N) is 1. The van der Waals surface area contributed by atoms with Gasteiger partial charge in [0.1, 0.15) is 11.6 Å². The van der Waals surface area contributed by atoms with Gasteiger partial charge in [0.25, 0.3) is 0 Å². The second kappa shape index (κ2) is 6.70. The van der Waals surface area contributed by atoms with Crippen molar-refractivity contribution in [3.05, 3.63) is 29.6 Å². The Morgan fingerprint density at radius 2 is 1.88 bits per heavy atom. The summed E-state index contributed by atoms with van der Waals surface area (Å²) in [5, 5.41) is 2.20. The maximum Gasteiger partial charge on any atom is 0.410 e. The first-order chi connectivity index (χ1) is 11.1. The van der Waals surface area contributed by atoms with Crippen LogP contribution in [0.25, 0.3) is 0 Å². The predicted molar refractivity (Wildman–Crippen MR) is 80.9 cm³/mol. The van der Waals surface area contributed by atoms with Gasteiger partial charge in [0.15, 0.2) is 17.5 Å². The van der Waals surface area contributed by atoms with Crippen molar-refractivity contribution < 1.29 is 27.5 Å². The molecule has 5 nitrogen and oxygen atoms in total. The lowest BCUT2D eigenvalue weighted by Gasteiger charge is -2.28. The molecule has 1 atom stereocenters. The van der Waals surface area contributed by atoms with Crippen LogP contribution in [0.2, 0.25) is 0 Å².